The first-order valence-electron chi connectivity index (χ1n) is 4.13. The second-order valence-electron chi connectivity index (χ2n) is 2.84. The Balaban J connectivity index is 3.20. The van der Waals surface area contributed by atoms with E-state index in [1.54, 1.807) is 0 Å². The summed E-state index contributed by atoms with van der Waals surface area (Å²) in [5.74, 6) is -2.78. The van der Waals surface area contributed by atoms with Gasteiger partial charge in [0, 0.05) is 0 Å². The zero-order valence-corrected chi connectivity index (χ0v) is 7.99. The highest BCUT2D eigenvalue weighted by Crippen LogP contribution is 2.15. The summed E-state index contributed by atoms with van der Waals surface area (Å²) in [5, 5.41) is 8.56. The number of carboxylic acids is 1. The molecule has 1 aromatic carbocycles. The molecular weight excluding hydrogens is 203 g/mol. The molecule has 0 saturated heterocycles. The Labute approximate surface area is 85.3 Å². The van der Waals surface area contributed by atoms with Gasteiger partial charge < -0.3 is 9.84 Å². The van der Waals surface area contributed by atoms with E-state index >= 15 is 0 Å². The maximum absolute atomic E-state index is 13.2. The molecule has 0 aliphatic heterocycles. The average Bonchev–Trinajstić information content (AvgIpc) is 2.16. The van der Waals surface area contributed by atoms with Gasteiger partial charge in [-0.2, -0.15) is 0 Å². The summed E-state index contributed by atoms with van der Waals surface area (Å²) >= 11 is 0. The number of aliphatic carboxylic acids is 1. The number of carbonyl (C=O) groups excluding carboxylic acids is 1. The van der Waals surface area contributed by atoms with Crippen molar-refractivity contribution in [2.45, 2.75) is 6.42 Å². The molecule has 0 amide bonds. The highest BCUT2D eigenvalue weighted by Gasteiger charge is 2.18. The van der Waals surface area contributed by atoms with Crippen LogP contribution in [0.3, 0.4) is 0 Å². The van der Waals surface area contributed by atoms with Gasteiger partial charge in [0.2, 0.25) is 0 Å². The molecule has 1 rings (SSSR count). The molecule has 15 heavy (non-hydrogen) atoms. The van der Waals surface area contributed by atoms with Crippen molar-refractivity contribution in [3.05, 3.63) is 35.1 Å². The van der Waals surface area contributed by atoms with Crippen molar-refractivity contribution in [2.24, 2.45) is 0 Å². The molecule has 0 unspecified atom stereocenters. The number of rotatable bonds is 3. The van der Waals surface area contributed by atoms with Gasteiger partial charge in [0.15, 0.2) is 0 Å². The van der Waals surface area contributed by atoms with Crippen LogP contribution >= 0.6 is 0 Å². The van der Waals surface area contributed by atoms with Crippen LogP contribution in [0.1, 0.15) is 15.9 Å². The van der Waals surface area contributed by atoms with Crippen molar-refractivity contribution in [3.63, 3.8) is 0 Å². The Hall–Kier alpha value is -1.91. The number of hydrogen-bond acceptors (Lipinski definition) is 3. The van der Waals surface area contributed by atoms with E-state index in [-0.39, 0.29) is 11.1 Å². The maximum Gasteiger partial charge on any atom is 0.341 e. The molecule has 0 saturated carbocycles. The second kappa shape index (κ2) is 4.54. The smallest absolute Gasteiger partial charge is 0.341 e. The van der Waals surface area contributed by atoms with Crippen LogP contribution in [0.25, 0.3) is 0 Å². The van der Waals surface area contributed by atoms with Crippen molar-refractivity contribution in [1.29, 1.82) is 0 Å². The number of ether oxygens (including phenoxy) is 1. The van der Waals surface area contributed by atoms with E-state index < -0.39 is 24.2 Å². The number of hydrogen-bond donors (Lipinski definition) is 1. The van der Waals surface area contributed by atoms with Gasteiger partial charge in [0.1, 0.15) is 5.82 Å². The van der Waals surface area contributed by atoms with E-state index in [1.807, 2.05) is 0 Å². The van der Waals surface area contributed by atoms with E-state index in [4.69, 9.17) is 5.11 Å². The minimum atomic E-state index is -1.13. The van der Waals surface area contributed by atoms with Crippen LogP contribution in [0.2, 0.25) is 0 Å². The van der Waals surface area contributed by atoms with Crippen LogP contribution < -0.4 is 0 Å². The Morgan fingerprint density at radius 3 is 2.67 bits per heavy atom. The summed E-state index contributed by atoms with van der Waals surface area (Å²) < 4.78 is 17.6. The predicted molar refractivity (Wildman–Crippen MR) is 49.1 cm³/mol. The molecule has 80 valence electrons. The molecule has 0 aliphatic rings. The topological polar surface area (TPSA) is 63.6 Å². The average molecular weight is 212 g/mol. The van der Waals surface area contributed by atoms with Gasteiger partial charge in [-0.15, -0.1) is 0 Å². The first-order chi connectivity index (χ1) is 7.06. The standard InChI is InChI=1S/C10H9FO4/c1-15-10(14)9-6(5-8(12)13)3-2-4-7(9)11/h2-4H,5H2,1H3,(H,12,13). The molecule has 0 heterocycles. The Morgan fingerprint density at radius 1 is 1.47 bits per heavy atom. The van der Waals surface area contributed by atoms with Gasteiger partial charge >= 0.3 is 11.9 Å². The van der Waals surface area contributed by atoms with Crippen LogP contribution in [0.4, 0.5) is 4.39 Å². The lowest BCUT2D eigenvalue weighted by Crippen LogP contribution is -2.11. The molecule has 0 radical (unpaired) electrons. The van der Waals surface area contributed by atoms with Crippen molar-refractivity contribution >= 4 is 11.9 Å². The number of esters is 1. The van der Waals surface area contributed by atoms with Crippen molar-refractivity contribution in [3.8, 4) is 0 Å². The highest BCUT2D eigenvalue weighted by molar-refractivity contribution is 5.92. The number of carboxylic acid groups (broad SMARTS) is 1. The van der Waals surface area contributed by atoms with Gasteiger partial charge in [-0.25, -0.2) is 9.18 Å². The van der Waals surface area contributed by atoms with Crippen molar-refractivity contribution < 1.29 is 23.8 Å². The number of benzene rings is 1. The summed E-state index contributed by atoms with van der Waals surface area (Å²) in [7, 11) is 1.11. The third kappa shape index (κ3) is 2.52. The lowest BCUT2D eigenvalue weighted by atomic mass is 10.0. The minimum Gasteiger partial charge on any atom is -0.481 e. The zero-order valence-electron chi connectivity index (χ0n) is 7.99. The molecule has 1 aromatic rings. The second-order valence-corrected chi connectivity index (χ2v) is 2.84. The molecule has 0 aliphatic carbocycles. The normalized spacial score (nSPS) is 9.73. The van der Waals surface area contributed by atoms with Gasteiger partial charge in [-0.3, -0.25) is 4.79 Å². The van der Waals surface area contributed by atoms with Crippen molar-refractivity contribution in [2.75, 3.05) is 7.11 Å². The third-order valence-electron chi connectivity index (χ3n) is 1.83. The quantitative estimate of drug-likeness (QED) is 0.765. The van der Waals surface area contributed by atoms with Crippen LogP contribution in [0.5, 0.6) is 0 Å². The summed E-state index contributed by atoms with van der Waals surface area (Å²) in [6.45, 7) is 0. The van der Waals surface area contributed by atoms with Crippen LogP contribution in [0, 0.1) is 5.82 Å². The fourth-order valence-corrected chi connectivity index (χ4v) is 1.21. The van der Waals surface area contributed by atoms with E-state index in [9.17, 15) is 14.0 Å². The highest BCUT2D eigenvalue weighted by atomic mass is 19.1. The van der Waals surface area contributed by atoms with E-state index in [0.29, 0.717) is 0 Å². The Bertz CT molecular complexity index is 400. The predicted octanol–water partition coefficient (Wildman–Crippen LogP) is 1.24. The summed E-state index contributed by atoms with van der Waals surface area (Å²) in [6, 6.07) is 3.81. The van der Waals surface area contributed by atoms with Crippen LogP contribution in [-0.2, 0) is 16.0 Å². The van der Waals surface area contributed by atoms with Crippen molar-refractivity contribution in [1.82, 2.24) is 0 Å². The first-order valence-corrected chi connectivity index (χ1v) is 4.13. The fraction of sp³-hybridized carbons (Fsp3) is 0.200. The van der Waals surface area contributed by atoms with Crippen LogP contribution in [-0.4, -0.2) is 24.2 Å². The summed E-state index contributed by atoms with van der Waals surface area (Å²) in [5.41, 5.74) is -0.211. The summed E-state index contributed by atoms with van der Waals surface area (Å²) in [6.07, 6.45) is -0.414. The molecule has 5 heteroatoms. The fourth-order valence-electron chi connectivity index (χ4n) is 1.21. The molecule has 0 atom stereocenters. The lowest BCUT2D eigenvalue weighted by Gasteiger charge is -2.06. The minimum absolute atomic E-state index is 0.106. The van der Waals surface area contributed by atoms with Gasteiger partial charge in [0.25, 0.3) is 0 Å². The zero-order chi connectivity index (χ0) is 11.4. The third-order valence-corrected chi connectivity index (χ3v) is 1.83. The first kappa shape index (κ1) is 11.2. The van der Waals surface area contributed by atoms with Gasteiger partial charge in [0.05, 0.1) is 19.1 Å². The largest absolute Gasteiger partial charge is 0.481 e. The molecule has 0 aromatic heterocycles. The Morgan fingerprint density at radius 2 is 2.13 bits per heavy atom. The number of carbonyl (C=O) groups is 2. The summed E-state index contributed by atoms with van der Waals surface area (Å²) in [4.78, 5) is 21.7. The molecule has 0 fully saturated rings. The number of halogens is 1. The SMILES string of the molecule is COC(=O)c1c(F)cccc1CC(=O)O. The van der Waals surface area contributed by atoms with Gasteiger partial charge in [-0.05, 0) is 11.6 Å². The molecule has 1 N–H and O–H groups in total. The molecular formula is C10H9FO4. The van der Waals surface area contributed by atoms with E-state index in [2.05, 4.69) is 4.74 Å². The molecule has 0 bridgehead atoms. The number of methoxy groups -OCH3 is 1. The lowest BCUT2D eigenvalue weighted by molar-refractivity contribution is -0.136. The van der Waals surface area contributed by atoms with Crippen LogP contribution in [0.15, 0.2) is 18.2 Å². The molecule has 0 spiro atoms. The maximum atomic E-state index is 13.2. The van der Waals surface area contributed by atoms with E-state index in [0.717, 1.165) is 13.2 Å². The molecule has 4 nitrogen and oxygen atoms in total. The monoisotopic (exact) mass is 212 g/mol. The van der Waals surface area contributed by atoms with Gasteiger partial charge in [-0.1, -0.05) is 12.1 Å². The Kier molecular flexibility index (Phi) is 3.38. The van der Waals surface area contributed by atoms with E-state index in [1.165, 1.54) is 12.1 Å².